The number of nitrogens with one attached hydrogen (secondary N) is 2. The van der Waals surface area contributed by atoms with Gasteiger partial charge in [-0.15, -0.1) is 34.2 Å². The molecule has 1 aliphatic rings. The van der Waals surface area contributed by atoms with Crippen molar-refractivity contribution in [1.29, 1.82) is 0 Å². The molecule has 166 valence electrons. The summed E-state index contributed by atoms with van der Waals surface area (Å²) in [6, 6.07) is 6.92. The molecule has 1 heterocycles. The van der Waals surface area contributed by atoms with Crippen LogP contribution in [0, 0.1) is 12.7 Å². The van der Waals surface area contributed by atoms with Crippen LogP contribution in [0.5, 0.6) is 0 Å². The highest BCUT2D eigenvalue weighted by atomic mass is 127. The maximum absolute atomic E-state index is 13.7. The summed E-state index contributed by atoms with van der Waals surface area (Å²) in [4.78, 5) is 4.68. The Hall–Kier alpha value is -1.75. The third kappa shape index (κ3) is 6.63. The summed E-state index contributed by atoms with van der Waals surface area (Å²) in [5.74, 6) is 2.21. The zero-order chi connectivity index (χ0) is 20.7. The fourth-order valence-electron chi connectivity index (χ4n) is 3.23. The van der Waals surface area contributed by atoms with Gasteiger partial charge in [0.2, 0.25) is 0 Å². The zero-order valence-corrected chi connectivity index (χ0v) is 20.3. The average Bonchev–Trinajstić information content (AvgIpc) is 3.45. The number of guanidine groups is 1. The van der Waals surface area contributed by atoms with Crippen molar-refractivity contribution in [2.24, 2.45) is 12.0 Å². The second-order valence-electron chi connectivity index (χ2n) is 7.51. The first-order chi connectivity index (χ1) is 14.0. The Morgan fingerprint density at radius 3 is 2.73 bits per heavy atom. The Balaban J connectivity index is 0.00000320. The highest BCUT2D eigenvalue weighted by Gasteiger charge is 2.44. The van der Waals surface area contributed by atoms with Crippen molar-refractivity contribution < 1.29 is 9.13 Å². The first-order valence-electron chi connectivity index (χ1n) is 10.2. The van der Waals surface area contributed by atoms with Crippen molar-refractivity contribution in [3.8, 4) is 0 Å². The Labute approximate surface area is 194 Å². The summed E-state index contributed by atoms with van der Waals surface area (Å²) < 4.78 is 21.0. The van der Waals surface area contributed by atoms with Crippen LogP contribution in [0.1, 0.15) is 43.4 Å². The fourth-order valence-corrected chi connectivity index (χ4v) is 3.23. The van der Waals surface area contributed by atoms with Crippen LogP contribution in [-0.2, 0) is 23.7 Å². The Bertz CT molecular complexity index is 837. The average molecular weight is 530 g/mol. The minimum absolute atomic E-state index is 0. The molecule has 2 aromatic rings. The van der Waals surface area contributed by atoms with Gasteiger partial charge in [0.1, 0.15) is 18.2 Å². The monoisotopic (exact) mass is 530 g/mol. The van der Waals surface area contributed by atoms with Crippen molar-refractivity contribution in [2.75, 3.05) is 26.3 Å². The van der Waals surface area contributed by atoms with Gasteiger partial charge in [-0.1, -0.05) is 12.1 Å². The predicted molar refractivity (Wildman–Crippen MR) is 127 cm³/mol. The van der Waals surface area contributed by atoms with Crippen molar-refractivity contribution in [3.05, 3.63) is 47.3 Å². The molecule has 1 aliphatic carbocycles. The van der Waals surface area contributed by atoms with Crippen molar-refractivity contribution in [2.45, 2.75) is 45.1 Å². The van der Waals surface area contributed by atoms with Gasteiger partial charge in [0.15, 0.2) is 11.8 Å². The maximum atomic E-state index is 13.7. The summed E-state index contributed by atoms with van der Waals surface area (Å²) in [5, 5.41) is 15.1. The molecular formula is C21H32FIN6O. The summed E-state index contributed by atoms with van der Waals surface area (Å²) in [6.07, 6.45) is 2.99. The highest BCUT2D eigenvalue weighted by Crippen LogP contribution is 2.47. The minimum atomic E-state index is -0.186. The number of aromatic nitrogens is 3. The van der Waals surface area contributed by atoms with Crippen molar-refractivity contribution >= 4 is 29.9 Å². The molecule has 9 heteroatoms. The third-order valence-electron chi connectivity index (χ3n) is 5.41. The summed E-state index contributed by atoms with van der Waals surface area (Å²) in [6.45, 7) is 7.26. The molecule has 1 aromatic carbocycles. The molecule has 0 unspecified atom stereocenters. The van der Waals surface area contributed by atoms with Crippen LogP contribution in [0.4, 0.5) is 4.39 Å². The van der Waals surface area contributed by atoms with Crippen LogP contribution in [0.15, 0.2) is 29.3 Å². The van der Waals surface area contributed by atoms with Crippen LogP contribution in [-0.4, -0.2) is 47.0 Å². The van der Waals surface area contributed by atoms with E-state index in [1.54, 1.807) is 12.1 Å². The Morgan fingerprint density at radius 2 is 2.10 bits per heavy atom. The molecule has 1 aromatic heterocycles. The van der Waals surface area contributed by atoms with Gasteiger partial charge in [0.05, 0.1) is 0 Å². The molecule has 0 saturated heterocycles. The number of rotatable bonds is 10. The van der Waals surface area contributed by atoms with E-state index in [2.05, 4.69) is 25.8 Å². The van der Waals surface area contributed by atoms with Crippen LogP contribution in [0.3, 0.4) is 0 Å². The topological polar surface area (TPSA) is 76.4 Å². The lowest BCUT2D eigenvalue weighted by Gasteiger charge is -2.19. The lowest BCUT2D eigenvalue weighted by Crippen LogP contribution is -2.42. The Morgan fingerprint density at radius 1 is 1.30 bits per heavy atom. The first kappa shape index (κ1) is 24.5. The second kappa shape index (κ2) is 11.6. The summed E-state index contributed by atoms with van der Waals surface area (Å²) in [7, 11) is 1.94. The first-order valence-corrected chi connectivity index (χ1v) is 10.2. The predicted octanol–water partition coefficient (Wildman–Crippen LogP) is 3.07. The SMILES string of the molecule is CCOCCCNC(=NCc1nnc(C)n1C)NCC1(c2cccc(F)c2)CC1.I. The lowest BCUT2D eigenvalue weighted by molar-refractivity contribution is 0.145. The molecule has 1 saturated carbocycles. The molecule has 0 bridgehead atoms. The number of ether oxygens (including phenoxy) is 1. The van der Waals surface area contributed by atoms with E-state index in [1.807, 2.05) is 31.5 Å². The van der Waals surface area contributed by atoms with Crippen LogP contribution in [0.25, 0.3) is 0 Å². The van der Waals surface area contributed by atoms with Gasteiger partial charge in [-0.25, -0.2) is 9.38 Å². The van der Waals surface area contributed by atoms with Gasteiger partial charge in [-0.05, 0) is 50.8 Å². The van der Waals surface area contributed by atoms with Gasteiger partial charge < -0.3 is 19.9 Å². The molecule has 0 atom stereocenters. The zero-order valence-electron chi connectivity index (χ0n) is 17.9. The molecule has 3 rings (SSSR count). The quantitative estimate of drug-likeness (QED) is 0.214. The molecule has 0 radical (unpaired) electrons. The molecule has 30 heavy (non-hydrogen) atoms. The van der Waals surface area contributed by atoms with Gasteiger partial charge >= 0.3 is 0 Å². The van der Waals surface area contributed by atoms with E-state index >= 15 is 0 Å². The van der Waals surface area contributed by atoms with Crippen LogP contribution < -0.4 is 10.6 Å². The number of halogens is 2. The smallest absolute Gasteiger partial charge is 0.191 e. The van der Waals surface area contributed by atoms with E-state index in [0.717, 1.165) is 55.6 Å². The maximum Gasteiger partial charge on any atom is 0.191 e. The second-order valence-corrected chi connectivity index (χ2v) is 7.51. The highest BCUT2D eigenvalue weighted by molar-refractivity contribution is 14.0. The fraction of sp³-hybridized carbons (Fsp3) is 0.571. The normalized spacial score (nSPS) is 14.9. The number of benzene rings is 1. The van der Waals surface area contributed by atoms with E-state index in [1.165, 1.54) is 6.07 Å². The van der Waals surface area contributed by atoms with Crippen LogP contribution >= 0.6 is 24.0 Å². The molecule has 0 amide bonds. The van der Waals surface area contributed by atoms with E-state index in [0.29, 0.717) is 19.7 Å². The van der Waals surface area contributed by atoms with E-state index in [4.69, 9.17) is 4.74 Å². The Kier molecular flexibility index (Phi) is 9.47. The van der Waals surface area contributed by atoms with Gasteiger partial charge in [-0.3, -0.25) is 0 Å². The largest absolute Gasteiger partial charge is 0.382 e. The number of hydrogen-bond donors (Lipinski definition) is 2. The van der Waals surface area contributed by atoms with Crippen molar-refractivity contribution in [3.63, 3.8) is 0 Å². The summed E-state index contributed by atoms with van der Waals surface area (Å²) >= 11 is 0. The number of aliphatic imine (C=N–C) groups is 1. The van der Waals surface area contributed by atoms with E-state index in [9.17, 15) is 4.39 Å². The molecule has 0 spiro atoms. The van der Waals surface area contributed by atoms with Gasteiger partial charge in [0, 0.05) is 38.8 Å². The molecular weight excluding hydrogens is 498 g/mol. The lowest BCUT2D eigenvalue weighted by atomic mass is 9.96. The number of hydrogen-bond acceptors (Lipinski definition) is 4. The van der Waals surface area contributed by atoms with E-state index in [-0.39, 0.29) is 35.2 Å². The van der Waals surface area contributed by atoms with Gasteiger partial charge in [-0.2, -0.15) is 0 Å². The number of nitrogens with zero attached hydrogens (tertiary/aromatic N) is 4. The van der Waals surface area contributed by atoms with Crippen molar-refractivity contribution in [1.82, 2.24) is 25.4 Å². The van der Waals surface area contributed by atoms with E-state index < -0.39 is 0 Å². The molecule has 0 aliphatic heterocycles. The summed E-state index contributed by atoms with van der Waals surface area (Å²) in [5.41, 5.74) is 1.03. The minimum Gasteiger partial charge on any atom is -0.382 e. The van der Waals surface area contributed by atoms with Gasteiger partial charge in [0.25, 0.3) is 0 Å². The third-order valence-corrected chi connectivity index (χ3v) is 5.41. The number of aryl methyl sites for hydroxylation is 1. The molecule has 7 nitrogen and oxygen atoms in total. The molecule has 2 N–H and O–H groups in total. The molecule has 1 fully saturated rings. The van der Waals surface area contributed by atoms with Crippen LogP contribution in [0.2, 0.25) is 0 Å². The standard InChI is InChI=1S/C21H31FN6O.HI/c1-4-29-12-6-11-23-20(24-14-19-27-26-16(2)28(19)3)25-15-21(9-10-21)17-7-5-8-18(22)13-17;/h5,7-8,13H,4,6,9-12,14-15H2,1-3H3,(H2,23,24,25);1H.